The molecule has 0 fully saturated rings. The highest BCUT2D eigenvalue weighted by Gasteiger charge is 1.94. The number of benzene rings is 2. The van der Waals surface area contributed by atoms with Crippen molar-refractivity contribution in [2.24, 2.45) is 0 Å². The molecule has 19 heavy (non-hydrogen) atoms. The normalized spacial score (nSPS) is 9.26. The fourth-order valence-corrected chi connectivity index (χ4v) is 1.60. The van der Waals surface area contributed by atoms with Crippen molar-refractivity contribution in [1.29, 1.82) is 0 Å². The maximum Gasteiger partial charge on any atom is 0.382 e. The van der Waals surface area contributed by atoms with Gasteiger partial charge in [0.25, 0.3) is 0 Å². The second-order valence-electron chi connectivity index (χ2n) is 3.97. The highest BCUT2D eigenvalue weighted by atomic mass is 16.4. The number of aliphatic carboxylic acids is 1. The van der Waals surface area contributed by atoms with Gasteiger partial charge in [0.15, 0.2) is 0 Å². The molecule has 0 bridgehead atoms. The van der Waals surface area contributed by atoms with Crippen LogP contribution < -0.4 is 5.32 Å². The molecule has 3 heteroatoms. The van der Waals surface area contributed by atoms with Gasteiger partial charge in [0.05, 0.1) is 0 Å². The Balaban J connectivity index is 1.96. The summed E-state index contributed by atoms with van der Waals surface area (Å²) in [5, 5.41) is 11.7. The Bertz CT molecular complexity index is 607. The van der Waals surface area contributed by atoms with Crippen LogP contribution in [0.5, 0.6) is 0 Å². The number of carboxylic acid groups (broad SMARTS) is 1. The first-order valence-electron chi connectivity index (χ1n) is 5.87. The molecule has 2 aromatic rings. The van der Waals surface area contributed by atoms with E-state index in [4.69, 9.17) is 5.11 Å². The van der Waals surface area contributed by atoms with E-state index in [1.165, 1.54) is 5.56 Å². The van der Waals surface area contributed by atoms with Crippen LogP contribution in [-0.4, -0.2) is 11.1 Å². The number of rotatable bonds is 3. The molecule has 3 nitrogen and oxygen atoms in total. The smallest absolute Gasteiger partial charge is 0.382 e. The average Bonchev–Trinajstić information content (AvgIpc) is 2.45. The molecule has 0 aliphatic rings. The van der Waals surface area contributed by atoms with Gasteiger partial charge in [-0.05, 0) is 29.8 Å². The molecular weight excluding hydrogens is 238 g/mol. The van der Waals surface area contributed by atoms with Gasteiger partial charge in [-0.15, -0.1) is 0 Å². The largest absolute Gasteiger partial charge is 0.472 e. The van der Waals surface area contributed by atoms with E-state index in [0.717, 1.165) is 12.2 Å². The summed E-state index contributed by atoms with van der Waals surface area (Å²) in [7, 11) is 0. The Kier molecular flexibility index (Phi) is 4.20. The topological polar surface area (TPSA) is 49.3 Å². The van der Waals surface area contributed by atoms with Gasteiger partial charge in [-0.1, -0.05) is 36.3 Å². The van der Waals surface area contributed by atoms with Gasteiger partial charge in [0.1, 0.15) is 0 Å². The lowest BCUT2D eigenvalue weighted by atomic mass is 10.2. The van der Waals surface area contributed by atoms with Crippen molar-refractivity contribution in [3.8, 4) is 11.8 Å². The van der Waals surface area contributed by atoms with Crippen LogP contribution in [-0.2, 0) is 11.3 Å². The van der Waals surface area contributed by atoms with E-state index in [1.54, 1.807) is 12.1 Å². The highest BCUT2D eigenvalue weighted by Crippen LogP contribution is 2.10. The molecule has 0 amide bonds. The van der Waals surface area contributed by atoms with Crippen LogP contribution in [0.25, 0.3) is 0 Å². The number of anilines is 1. The third-order valence-electron chi connectivity index (χ3n) is 2.54. The number of hydrogen-bond acceptors (Lipinski definition) is 2. The Morgan fingerprint density at radius 2 is 1.74 bits per heavy atom. The molecule has 0 radical (unpaired) electrons. The molecule has 2 aromatic carbocycles. The fraction of sp³-hybridized carbons (Fsp3) is 0.0625. The molecule has 0 saturated carbocycles. The second-order valence-corrected chi connectivity index (χ2v) is 3.97. The minimum Gasteiger partial charge on any atom is -0.472 e. The predicted molar refractivity (Wildman–Crippen MR) is 74.7 cm³/mol. The van der Waals surface area contributed by atoms with Crippen LogP contribution in [0.2, 0.25) is 0 Å². The van der Waals surface area contributed by atoms with E-state index < -0.39 is 5.97 Å². The Labute approximate surface area is 111 Å². The third-order valence-corrected chi connectivity index (χ3v) is 2.54. The third kappa shape index (κ3) is 4.21. The number of carboxylic acids is 1. The highest BCUT2D eigenvalue weighted by molar-refractivity contribution is 5.87. The van der Waals surface area contributed by atoms with E-state index in [0.29, 0.717) is 5.56 Å². The summed E-state index contributed by atoms with van der Waals surface area (Å²) >= 11 is 0. The summed E-state index contributed by atoms with van der Waals surface area (Å²) in [5.41, 5.74) is 2.87. The van der Waals surface area contributed by atoms with Gasteiger partial charge in [-0.2, -0.15) is 0 Å². The van der Waals surface area contributed by atoms with Crippen molar-refractivity contribution in [3.63, 3.8) is 0 Å². The Morgan fingerprint density at radius 3 is 2.37 bits per heavy atom. The number of nitrogens with one attached hydrogen (secondary N) is 1. The number of carbonyl (C=O) groups is 1. The summed E-state index contributed by atoms with van der Waals surface area (Å²) in [4.78, 5) is 10.3. The zero-order chi connectivity index (χ0) is 13.5. The lowest BCUT2D eigenvalue weighted by molar-refractivity contribution is -0.130. The Hall–Kier alpha value is -2.73. The molecule has 0 saturated heterocycles. The number of hydrogen-bond donors (Lipinski definition) is 2. The van der Waals surface area contributed by atoms with Crippen LogP contribution in [0, 0.1) is 11.8 Å². The molecule has 0 aromatic heterocycles. The summed E-state index contributed by atoms with van der Waals surface area (Å²) in [5.74, 6) is 3.53. The minimum absolute atomic E-state index is 0.688. The van der Waals surface area contributed by atoms with Crippen LogP contribution >= 0.6 is 0 Å². The van der Waals surface area contributed by atoms with Crippen molar-refractivity contribution in [2.75, 3.05) is 5.32 Å². The first-order chi connectivity index (χ1) is 9.24. The molecule has 0 aliphatic carbocycles. The molecule has 0 unspecified atom stereocenters. The van der Waals surface area contributed by atoms with Crippen molar-refractivity contribution < 1.29 is 9.90 Å². The molecule has 0 heterocycles. The molecule has 94 valence electrons. The van der Waals surface area contributed by atoms with E-state index >= 15 is 0 Å². The summed E-state index contributed by atoms with van der Waals surface area (Å²) in [6.45, 7) is 0.751. The molecular formula is C16H13NO2. The molecule has 2 rings (SSSR count). The zero-order valence-corrected chi connectivity index (χ0v) is 10.3. The van der Waals surface area contributed by atoms with Gasteiger partial charge >= 0.3 is 5.97 Å². The summed E-state index contributed by atoms with van der Waals surface area (Å²) in [6, 6.07) is 17.5. The van der Waals surface area contributed by atoms with Crippen LogP contribution in [0.1, 0.15) is 11.1 Å². The van der Waals surface area contributed by atoms with Gasteiger partial charge in [0, 0.05) is 23.7 Å². The molecule has 0 atom stereocenters. The zero-order valence-electron chi connectivity index (χ0n) is 10.3. The SMILES string of the molecule is O=C(O)C#Cc1ccc(NCc2ccccc2)cc1. The maximum atomic E-state index is 10.3. The van der Waals surface area contributed by atoms with Gasteiger partial charge in [-0.3, -0.25) is 0 Å². The first-order valence-corrected chi connectivity index (χ1v) is 5.87. The average molecular weight is 251 g/mol. The van der Waals surface area contributed by atoms with Gasteiger partial charge < -0.3 is 10.4 Å². The second kappa shape index (κ2) is 6.27. The maximum absolute atomic E-state index is 10.3. The summed E-state index contributed by atoms with van der Waals surface area (Å²) in [6.07, 6.45) is 0. The monoisotopic (exact) mass is 251 g/mol. The standard InChI is InChI=1S/C16H13NO2/c18-16(19)11-8-13-6-9-15(10-7-13)17-12-14-4-2-1-3-5-14/h1-7,9-10,17H,12H2,(H,18,19). The quantitative estimate of drug-likeness (QED) is 0.825. The van der Waals surface area contributed by atoms with E-state index in [2.05, 4.69) is 29.3 Å². The predicted octanol–water partition coefficient (Wildman–Crippen LogP) is 2.73. The van der Waals surface area contributed by atoms with Crippen LogP contribution in [0.3, 0.4) is 0 Å². The fourth-order valence-electron chi connectivity index (χ4n) is 1.60. The minimum atomic E-state index is -1.12. The molecule has 0 aliphatic heterocycles. The van der Waals surface area contributed by atoms with Crippen molar-refractivity contribution in [2.45, 2.75) is 6.54 Å². The first kappa shape index (κ1) is 12.7. The lowest BCUT2D eigenvalue weighted by Gasteiger charge is -2.06. The lowest BCUT2D eigenvalue weighted by Crippen LogP contribution is -1.98. The van der Waals surface area contributed by atoms with Gasteiger partial charge in [0.2, 0.25) is 0 Å². The van der Waals surface area contributed by atoms with Crippen LogP contribution in [0.4, 0.5) is 5.69 Å². The van der Waals surface area contributed by atoms with Crippen LogP contribution in [0.15, 0.2) is 54.6 Å². The van der Waals surface area contributed by atoms with E-state index in [1.807, 2.05) is 30.3 Å². The van der Waals surface area contributed by atoms with E-state index in [9.17, 15) is 4.79 Å². The van der Waals surface area contributed by atoms with Gasteiger partial charge in [-0.25, -0.2) is 4.79 Å². The Morgan fingerprint density at radius 1 is 1.05 bits per heavy atom. The van der Waals surface area contributed by atoms with Crippen molar-refractivity contribution >= 4 is 11.7 Å². The van der Waals surface area contributed by atoms with Crippen molar-refractivity contribution in [1.82, 2.24) is 0 Å². The van der Waals surface area contributed by atoms with E-state index in [-0.39, 0.29) is 0 Å². The van der Waals surface area contributed by atoms with Crippen molar-refractivity contribution in [3.05, 3.63) is 65.7 Å². The molecule has 0 spiro atoms. The summed E-state index contributed by atoms with van der Waals surface area (Å²) < 4.78 is 0. The molecule has 2 N–H and O–H groups in total.